The average Bonchev–Trinajstić information content (AvgIpc) is 2.25. The SMILES string of the molecule is O=C(O)c1cc(Br)c(OCCCC(F)(F)F)c(Br)c1. The zero-order valence-corrected chi connectivity index (χ0v) is 12.6. The quantitative estimate of drug-likeness (QED) is 0.726. The number of carboxylic acid groups (broad SMARTS) is 1. The topological polar surface area (TPSA) is 46.5 Å². The van der Waals surface area contributed by atoms with Crippen LogP contribution in [0.4, 0.5) is 13.2 Å². The molecule has 8 heteroatoms. The summed E-state index contributed by atoms with van der Waals surface area (Å²) >= 11 is 6.23. The Morgan fingerprint density at radius 3 is 2.21 bits per heavy atom. The average molecular weight is 406 g/mol. The van der Waals surface area contributed by atoms with Crippen LogP contribution in [0, 0.1) is 0 Å². The summed E-state index contributed by atoms with van der Waals surface area (Å²) in [6, 6.07) is 2.65. The lowest BCUT2D eigenvalue weighted by molar-refractivity contribution is -0.136. The van der Waals surface area contributed by atoms with Crippen LogP contribution in [0.1, 0.15) is 23.2 Å². The van der Waals surface area contributed by atoms with Crippen LogP contribution in [-0.2, 0) is 0 Å². The van der Waals surface area contributed by atoms with Crippen LogP contribution in [0.3, 0.4) is 0 Å². The maximum Gasteiger partial charge on any atom is 0.389 e. The molecular weight excluding hydrogens is 397 g/mol. The molecule has 0 aliphatic rings. The number of alkyl halides is 3. The summed E-state index contributed by atoms with van der Waals surface area (Å²) in [7, 11) is 0. The van der Waals surface area contributed by atoms with Gasteiger partial charge in [-0.1, -0.05) is 0 Å². The fraction of sp³-hybridized carbons (Fsp3) is 0.364. The lowest BCUT2D eigenvalue weighted by Gasteiger charge is -2.12. The number of aromatic carboxylic acids is 1. The first-order valence-electron chi connectivity index (χ1n) is 5.12. The van der Waals surface area contributed by atoms with E-state index in [1.807, 2.05) is 0 Å². The van der Waals surface area contributed by atoms with Gasteiger partial charge in [0, 0.05) is 6.42 Å². The monoisotopic (exact) mass is 404 g/mol. The fourth-order valence-electron chi connectivity index (χ4n) is 1.27. The summed E-state index contributed by atoms with van der Waals surface area (Å²) in [4.78, 5) is 10.8. The molecule has 3 nitrogen and oxygen atoms in total. The lowest BCUT2D eigenvalue weighted by atomic mass is 10.2. The minimum atomic E-state index is -4.20. The predicted molar refractivity (Wildman–Crippen MR) is 69.6 cm³/mol. The van der Waals surface area contributed by atoms with Gasteiger partial charge in [-0.05, 0) is 50.4 Å². The van der Waals surface area contributed by atoms with Crippen molar-refractivity contribution in [1.82, 2.24) is 0 Å². The molecule has 0 heterocycles. The van der Waals surface area contributed by atoms with Crippen LogP contribution in [0.25, 0.3) is 0 Å². The lowest BCUT2D eigenvalue weighted by Crippen LogP contribution is -2.10. The summed E-state index contributed by atoms with van der Waals surface area (Å²) in [6.45, 7) is -0.108. The van der Waals surface area contributed by atoms with Crippen molar-refractivity contribution in [2.75, 3.05) is 6.61 Å². The third-order valence-corrected chi connectivity index (χ3v) is 3.27. The molecule has 0 aromatic heterocycles. The van der Waals surface area contributed by atoms with Gasteiger partial charge in [0.05, 0.1) is 21.1 Å². The maximum absolute atomic E-state index is 11.9. The van der Waals surface area contributed by atoms with Crippen LogP contribution < -0.4 is 4.74 Å². The molecule has 0 amide bonds. The number of halogens is 5. The van der Waals surface area contributed by atoms with Crippen molar-refractivity contribution < 1.29 is 27.8 Å². The van der Waals surface area contributed by atoms with Gasteiger partial charge in [0.1, 0.15) is 5.75 Å². The minimum Gasteiger partial charge on any atom is -0.491 e. The van der Waals surface area contributed by atoms with Crippen molar-refractivity contribution in [2.45, 2.75) is 19.0 Å². The number of hydrogen-bond acceptors (Lipinski definition) is 2. The normalized spacial score (nSPS) is 11.4. The van der Waals surface area contributed by atoms with Crippen LogP contribution in [0.5, 0.6) is 5.75 Å². The highest BCUT2D eigenvalue weighted by Crippen LogP contribution is 2.35. The molecule has 0 saturated heterocycles. The van der Waals surface area contributed by atoms with Crippen molar-refractivity contribution in [3.05, 3.63) is 26.6 Å². The molecule has 0 unspecified atom stereocenters. The molecule has 19 heavy (non-hydrogen) atoms. The van der Waals surface area contributed by atoms with Gasteiger partial charge in [0.15, 0.2) is 0 Å². The molecule has 0 spiro atoms. The van der Waals surface area contributed by atoms with E-state index in [0.717, 1.165) is 0 Å². The molecule has 0 aliphatic carbocycles. The smallest absolute Gasteiger partial charge is 0.389 e. The van der Waals surface area contributed by atoms with Gasteiger partial charge in [-0.15, -0.1) is 0 Å². The molecule has 1 aromatic rings. The van der Waals surface area contributed by atoms with E-state index in [1.54, 1.807) is 0 Å². The second-order valence-electron chi connectivity index (χ2n) is 3.64. The number of hydrogen-bond donors (Lipinski definition) is 1. The zero-order chi connectivity index (χ0) is 14.6. The first-order valence-corrected chi connectivity index (χ1v) is 6.71. The second-order valence-corrected chi connectivity index (χ2v) is 5.35. The van der Waals surface area contributed by atoms with Gasteiger partial charge >= 0.3 is 12.1 Å². The van der Waals surface area contributed by atoms with Crippen molar-refractivity contribution >= 4 is 37.8 Å². The Kier molecular flexibility index (Phi) is 5.66. The Balaban J connectivity index is 2.67. The Labute approximate surface area is 124 Å². The zero-order valence-electron chi connectivity index (χ0n) is 9.43. The van der Waals surface area contributed by atoms with E-state index in [1.165, 1.54) is 12.1 Å². The summed E-state index contributed by atoms with van der Waals surface area (Å²) in [6.07, 6.45) is -5.29. The number of ether oxygens (including phenoxy) is 1. The summed E-state index contributed by atoms with van der Waals surface area (Å²) in [5.74, 6) is -0.822. The van der Waals surface area contributed by atoms with E-state index in [-0.39, 0.29) is 24.3 Å². The summed E-state index contributed by atoms with van der Waals surface area (Å²) in [5.41, 5.74) is 0.0430. The number of carbonyl (C=O) groups is 1. The second kappa shape index (κ2) is 6.60. The Bertz CT molecular complexity index is 452. The van der Waals surface area contributed by atoms with Gasteiger partial charge in [0.2, 0.25) is 0 Å². The first-order chi connectivity index (χ1) is 8.70. The molecule has 106 valence electrons. The maximum atomic E-state index is 11.9. The highest BCUT2D eigenvalue weighted by atomic mass is 79.9. The largest absolute Gasteiger partial charge is 0.491 e. The Morgan fingerprint density at radius 2 is 1.79 bits per heavy atom. The van der Waals surface area contributed by atoms with E-state index in [2.05, 4.69) is 31.9 Å². The molecule has 1 rings (SSSR count). The van der Waals surface area contributed by atoms with Gasteiger partial charge < -0.3 is 9.84 Å². The molecule has 0 fully saturated rings. The molecular formula is C11H9Br2F3O3. The highest BCUT2D eigenvalue weighted by Gasteiger charge is 2.26. The standard InChI is InChI=1S/C11H9Br2F3O3/c12-7-4-6(10(17)18)5-8(13)9(7)19-3-1-2-11(14,15)16/h4-5H,1-3H2,(H,17,18). The molecule has 1 N–H and O–H groups in total. The number of carboxylic acids is 1. The van der Waals surface area contributed by atoms with Gasteiger partial charge in [-0.2, -0.15) is 13.2 Å². The molecule has 0 saturated carbocycles. The van der Waals surface area contributed by atoms with E-state index >= 15 is 0 Å². The molecule has 1 aromatic carbocycles. The van der Waals surface area contributed by atoms with Crippen LogP contribution in [0.2, 0.25) is 0 Å². The molecule has 0 aliphatic heterocycles. The number of rotatable bonds is 5. The van der Waals surface area contributed by atoms with Crippen molar-refractivity contribution in [3.8, 4) is 5.75 Å². The molecule has 0 atom stereocenters. The van der Waals surface area contributed by atoms with Crippen LogP contribution in [0.15, 0.2) is 21.1 Å². The van der Waals surface area contributed by atoms with Gasteiger partial charge in [-0.25, -0.2) is 4.79 Å². The highest BCUT2D eigenvalue weighted by molar-refractivity contribution is 9.11. The van der Waals surface area contributed by atoms with E-state index in [4.69, 9.17) is 9.84 Å². The Morgan fingerprint density at radius 1 is 1.26 bits per heavy atom. The van der Waals surface area contributed by atoms with Crippen LogP contribution in [-0.4, -0.2) is 23.9 Å². The first kappa shape index (κ1) is 16.3. The van der Waals surface area contributed by atoms with E-state index in [0.29, 0.717) is 8.95 Å². The Hall–Kier alpha value is -0.760. The predicted octanol–water partition coefficient (Wildman–Crippen LogP) is 4.63. The minimum absolute atomic E-state index is 0.0430. The van der Waals surface area contributed by atoms with Crippen LogP contribution >= 0.6 is 31.9 Å². The molecule has 0 radical (unpaired) electrons. The third kappa shape index (κ3) is 5.40. The van der Waals surface area contributed by atoms with E-state index in [9.17, 15) is 18.0 Å². The fourth-order valence-corrected chi connectivity index (χ4v) is 2.68. The van der Waals surface area contributed by atoms with Crippen molar-refractivity contribution in [3.63, 3.8) is 0 Å². The van der Waals surface area contributed by atoms with Crippen molar-refractivity contribution in [1.29, 1.82) is 0 Å². The van der Waals surface area contributed by atoms with Crippen molar-refractivity contribution in [2.24, 2.45) is 0 Å². The third-order valence-electron chi connectivity index (χ3n) is 2.10. The summed E-state index contributed by atoms with van der Waals surface area (Å²) < 4.78 is 41.8. The van der Waals surface area contributed by atoms with E-state index < -0.39 is 18.6 Å². The van der Waals surface area contributed by atoms with Gasteiger partial charge in [-0.3, -0.25) is 0 Å². The number of benzene rings is 1. The summed E-state index contributed by atoms with van der Waals surface area (Å²) in [5, 5.41) is 8.82. The van der Waals surface area contributed by atoms with Gasteiger partial charge in [0.25, 0.3) is 0 Å². The molecule has 0 bridgehead atoms.